The highest BCUT2D eigenvalue weighted by Crippen LogP contribution is 2.32. The summed E-state index contributed by atoms with van der Waals surface area (Å²) in [6, 6.07) is 21.2. The highest BCUT2D eigenvalue weighted by atomic mass is 32.2. The molecule has 1 aliphatic carbocycles. The van der Waals surface area contributed by atoms with Crippen molar-refractivity contribution in [3.05, 3.63) is 90.1 Å². The molecule has 3 aromatic rings. The summed E-state index contributed by atoms with van der Waals surface area (Å²) in [4.78, 5) is 30.3. The number of carbonyl (C=O) groups excluding carboxylic acids is 2. The molecule has 0 saturated heterocycles. The number of pyridine rings is 1. The van der Waals surface area contributed by atoms with Crippen molar-refractivity contribution in [3.63, 3.8) is 0 Å². The van der Waals surface area contributed by atoms with E-state index < -0.39 is 17.3 Å². The Morgan fingerprint density at radius 1 is 1.00 bits per heavy atom. The van der Waals surface area contributed by atoms with Gasteiger partial charge < -0.3 is 19.9 Å². The SMILES string of the molecule is O=C(NC(Cc1ccccc1)C(=O)NC(CC1CCC1)SO)c1ccc(Oc2ccccc2)nc1. The Labute approximate surface area is 209 Å². The Hall–Kier alpha value is -3.36. The lowest BCUT2D eigenvalue weighted by Gasteiger charge is -2.29. The molecule has 0 bridgehead atoms. The fourth-order valence-electron chi connectivity index (χ4n) is 3.90. The second-order valence-electron chi connectivity index (χ2n) is 8.65. The molecule has 4 rings (SSSR count). The van der Waals surface area contributed by atoms with E-state index in [0.717, 1.165) is 18.4 Å². The van der Waals surface area contributed by atoms with Crippen molar-refractivity contribution < 1.29 is 18.9 Å². The minimum Gasteiger partial charge on any atom is -0.439 e. The van der Waals surface area contributed by atoms with Gasteiger partial charge in [0.15, 0.2) is 0 Å². The molecule has 7 nitrogen and oxygen atoms in total. The van der Waals surface area contributed by atoms with Crippen LogP contribution in [0, 0.1) is 5.92 Å². The number of carbonyl (C=O) groups is 2. The van der Waals surface area contributed by atoms with Crippen LogP contribution in [-0.2, 0) is 11.2 Å². The zero-order valence-electron chi connectivity index (χ0n) is 19.3. The van der Waals surface area contributed by atoms with E-state index in [1.165, 1.54) is 12.6 Å². The number of para-hydroxylation sites is 1. The van der Waals surface area contributed by atoms with Crippen molar-refractivity contribution in [2.75, 3.05) is 0 Å². The third kappa shape index (κ3) is 7.31. The van der Waals surface area contributed by atoms with Gasteiger partial charge in [0.1, 0.15) is 17.2 Å². The van der Waals surface area contributed by atoms with E-state index in [1.54, 1.807) is 12.1 Å². The number of benzene rings is 2. The quantitative estimate of drug-likeness (QED) is 0.256. The van der Waals surface area contributed by atoms with Crippen molar-refractivity contribution in [3.8, 4) is 11.6 Å². The summed E-state index contributed by atoms with van der Waals surface area (Å²) in [5, 5.41) is 5.34. The van der Waals surface area contributed by atoms with Gasteiger partial charge in [0.25, 0.3) is 5.91 Å². The highest BCUT2D eigenvalue weighted by molar-refractivity contribution is 7.94. The molecule has 1 fully saturated rings. The molecule has 1 heterocycles. The van der Waals surface area contributed by atoms with Crippen LogP contribution in [0.4, 0.5) is 0 Å². The van der Waals surface area contributed by atoms with E-state index in [1.807, 2.05) is 60.7 Å². The standard InChI is InChI=1S/C27H29N3O4S/c31-26(21-14-15-24(28-18-21)34-22-12-5-2-6-13-22)29-23(16-19-8-3-1-4-9-19)27(32)30-25(35-33)17-20-10-7-11-20/h1-6,8-9,12-15,18,20,23,25,33H,7,10-11,16-17H2,(H,29,31)(H,30,32). The van der Waals surface area contributed by atoms with Crippen LogP contribution in [0.15, 0.2) is 79.0 Å². The molecule has 0 aliphatic heterocycles. The molecule has 1 aromatic heterocycles. The average Bonchev–Trinajstić information content (AvgIpc) is 2.86. The molecular weight excluding hydrogens is 462 g/mol. The third-order valence-corrected chi connectivity index (χ3v) is 6.64. The molecule has 2 amide bonds. The van der Waals surface area contributed by atoms with Gasteiger partial charge in [-0.25, -0.2) is 4.98 Å². The predicted molar refractivity (Wildman–Crippen MR) is 136 cm³/mol. The smallest absolute Gasteiger partial charge is 0.253 e. The van der Waals surface area contributed by atoms with Gasteiger partial charge >= 0.3 is 0 Å². The zero-order chi connectivity index (χ0) is 24.5. The minimum atomic E-state index is -0.804. The van der Waals surface area contributed by atoms with Gasteiger partial charge in [-0.05, 0) is 36.1 Å². The second-order valence-corrected chi connectivity index (χ2v) is 9.43. The van der Waals surface area contributed by atoms with E-state index in [9.17, 15) is 14.1 Å². The van der Waals surface area contributed by atoms with Crippen LogP contribution < -0.4 is 15.4 Å². The van der Waals surface area contributed by atoms with E-state index in [0.29, 0.717) is 48.0 Å². The lowest BCUT2D eigenvalue weighted by atomic mass is 9.83. The van der Waals surface area contributed by atoms with Crippen molar-refractivity contribution in [1.82, 2.24) is 15.6 Å². The first-order valence-corrected chi connectivity index (χ1v) is 12.6. The molecular formula is C27H29N3O4S. The number of rotatable bonds is 11. The maximum Gasteiger partial charge on any atom is 0.253 e. The first-order chi connectivity index (χ1) is 17.1. The van der Waals surface area contributed by atoms with Crippen LogP contribution in [0.5, 0.6) is 11.6 Å². The van der Waals surface area contributed by atoms with Crippen LogP contribution in [0.1, 0.15) is 41.6 Å². The van der Waals surface area contributed by atoms with Crippen molar-refractivity contribution in [2.24, 2.45) is 5.92 Å². The Bertz CT molecular complexity index is 1090. The molecule has 2 atom stereocenters. The summed E-state index contributed by atoms with van der Waals surface area (Å²) in [7, 11) is 0. The van der Waals surface area contributed by atoms with Crippen LogP contribution >= 0.6 is 12.0 Å². The molecule has 3 N–H and O–H groups in total. The van der Waals surface area contributed by atoms with Gasteiger partial charge in [-0.3, -0.25) is 9.59 Å². The highest BCUT2D eigenvalue weighted by Gasteiger charge is 2.27. The molecule has 0 radical (unpaired) electrons. The normalized spacial score (nSPS) is 14.9. The molecule has 2 unspecified atom stereocenters. The Morgan fingerprint density at radius 3 is 2.31 bits per heavy atom. The first-order valence-electron chi connectivity index (χ1n) is 11.7. The van der Waals surface area contributed by atoms with Gasteiger partial charge in [0, 0.05) is 30.7 Å². The lowest BCUT2D eigenvalue weighted by Crippen LogP contribution is -2.50. The van der Waals surface area contributed by atoms with Gasteiger partial charge in [0.2, 0.25) is 11.8 Å². The third-order valence-electron chi connectivity index (χ3n) is 6.07. The van der Waals surface area contributed by atoms with E-state index in [2.05, 4.69) is 15.6 Å². The van der Waals surface area contributed by atoms with Crippen LogP contribution in [0.3, 0.4) is 0 Å². The molecule has 8 heteroatoms. The van der Waals surface area contributed by atoms with Crippen molar-refractivity contribution in [2.45, 2.75) is 43.5 Å². The summed E-state index contributed by atoms with van der Waals surface area (Å²) >= 11 is 0.648. The predicted octanol–water partition coefficient (Wildman–Crippen LogP) is 5.05. The minimum absolute atomic E-state index is 0.318. The van der Waals surface area contributed by atoms with Gasteiger partial charge in [-0.1, -0.05) is 67.8 Å². The number of ether oxygens (including phenoxy) is 1. The Balaban J connectivity index is 1.42. The number of amides is 2. The fourth-order valence-corrected chi connectivity index (χ4v) is 4.43. The molecule has 1 aliphatic rings. The molecule has 1 saturated carbocycles. The van der Waals surface area contributed by atoms with Crippen molar-refractivity contribution in [1.29, 1.82) is 0 Å². The number of hydrogen-bond acceptors (Lipinski definition) is 6. The second kappa shape index (κ2) is 12.4. The van der Waals surface area contributed by atoms with Gasteiger partial charge in [-0.15, -0.1) is 0 Å². The zero-order valence-corrected chi connectivity index (χ0v) is 20.1. The summed E-state index contributed by atoms with van der Waals surface area (Å²) in [6.45, 7) is 0. The number of hydrogen-bond donors (Lipinski definition) is 3. The lowest BCUT2D eigenvalue weighted by molar-refractivity contribution is -0.123. The fraction of sp³-hybridized carbons (Fsp3) is 0.296. The van der Waals surface area contributed by atoms with Crippen molar-refractivity contribution >= 4 is 23.9 Å². The number of aromatic nitrogens is 1. The summed E-state index contributed by atoms with van der Waals surface area (Å²) in [5.74, 6) is 0.794. The van der Waals surface area contributed by atoms with Crippen LogP contribution in [-0.4, -0.2) is 32.8 Å². The maximum absolute atomic E-state index is 13.1. The Morgan fingerprint density at radius 2 is 1.71 bits per heavy atom. The van der Waals surface area contributed by atoms with Gasteiger partial charge in [-0.2, -0.15) is 0 Å². The van der Waals surface area contributed by atoms with E-state index in [4.69, 9.17) is 4.74 Å². The molecule has 182 valence electrons. The molecule has 0 spiro atoms. The Kier molecular flexibility index (Phi) is 8.75. The van der Waals surface area contributed by atoms with Crippen LogP contribution in [0.2, 0.25) is 0 Å². The first kappa shape index (κ1) is 24.8. The number of nitrogens with zero attached hydrogens (tertiary/aromatic N) is 1. The maximum atomic E-state index is 13.1. The molecule has 35 heavy (non-hydrogen) atoms. The van der Waals surface area contributed by atoms with E-state index in [-0.39, 0.29) is 5.91 Å². The van der Waals surface area contributed by atoms with Gasteiger partial charge in [0.05, 0.1) is 5.56 Å². The topological polar surface area (TPSA) is 101 Å². The average molecular weight is 492 g/mol. The largest absolute Gasteiger partial charge is 0.439 e. The summed E-state index contributed by atoms with van der Waals surface area (Å²) in [5.41, 5.74) is 1.24. The molecule has 2 aromatic carbocycles. The monoisotopic (exact) mass is 491 g/mol. The number of nitrogens with one attached hydrogen (secondary N) is 2. The summed E-state index contributed by atoms with van der Waals surface area (Å²) < 4.78 is 15.4. The summed E-state index contributed by atoms with van der Waals surface area (Å²) in [6.07, 6.45) is 5.90. The van der Waals surface area contributed by atoms with Crippen LogP contribution in [0.25, 0.3) is 0 Å². The van der Waals surface area contributed by atoms with E-state index >= 15 is 0 Å².